The molecular weight excluding hydrogens is 146 g/mol. The Balaban J connectivity index is 4.50. The molecule has 0 aromatic carbocycles. The van der Waals surface area contributed by atoms with Crippen molar-refractivity contribution in [3.63, 3.8) is 0 Å². The van der Waals surface area contributed by atoms with Gasteiger partial charge in [0.1, 0.15) is 0 Å². The molecule has 0 aliphatic carbocycles. The van der Waals surface area contributed by atoms with E-state index in [-0.39, 0.29) is 0 Å². The lowest BCUT2D eigenvalue weighted by Crippen LogP contribution is -2.09. The van der Waals surface area contributed by atoms with E-state index in [9.17, 15) is 0 Å². The fraction of sp³-hybridized carbons (Fsp3) is 0.500. The van der Waals surface area contributed by atoms with Gasteiger partial charge in [-0.2, -0.15) is 0 Å². The van der Waals surface area contributed by atoms with Gasteiger partial charge in [0.25, 0.3) is 0 Å². The Hall–Kier alpha value is -0.430. The fourth-order valence-corrected chi connectivity index (χ4v) is 0.674. The van der Waals surface area contributed by atoms with Crippen LogP contribution in [-0.4, -0.2) is 19.0 Å². The number of hydrogen-bond donors (Lipinski definition) is 0. The van der Waals surface area contributed by atoms with Crippen molar-refractivity contribution in [1.29, 1.82) is 0 Å². The zero-order valence-corrected chi connectivity index (χ0v) is 7.79. The maximum absolute atomic E-state index is 5.90. The van der Waals surface area contributed by atoms with Gasteiger partial charge in [-0.25, -0.2) is 0 Å². The molecule has 0 unspecified atom stereocenters. The molecule has 0 aromatic heterocycles. The largest absolute Gasteiger partial charge is 0.380 e. The Morgan fingerprint density at radius 2 is 1.70 bits per heavy atom. The third-order valence-electron chi connectivity index (χ3n) is 1.36. The van der Waals surface area contributed by atoms with Crippen LogP contribution in [-0.2, 0) is 0 Å². The minimum absolute atomic E-state index is 0.755. The molecule has 0 radical (unpaired) electrons. The Bertz CT molecular complexity index is 168. The summed E-state index contributed by atoms with van der Waals surface area (Å²) < 4.78 is 0. The summed E-state index contributed by atoms with van der Waals surface area (Å²) >= 11 is 5.90. The third-order valence-corrected chi connectivity index (χ3v) is 1.96. The maximum atomic E-state index is 5.90. The predicted molar refractivity (Wildman–Crippen MR) is 47.1 cm³/mol. The quantitative estimate of drug-likeness (QED) is 0.560. The highest BCUT2D eigenvalue weighted by Crippen LogP contribution is 2.17. The highest BCUT2D eigenvalue weighted by molar-refractivity contribution is 6.32. The monoisotopic (exact) mass is 159 g/mol. The van der Waals surface area contributed by atoms with Crippen molar-refractivity contribution in [2.75, 3.05) is 14.1 Å². The van der Waals surface area contributed by atoms with Crippen LogP contribution in [0.3, 0.4) is 0 Å². The molecule has 0 atom stereocenters. The van der Waals surface area contributed by atoms with E-state index in [0.29, 0.717) is 0 Å². The van der Waals surface area contributed by atoms with Gasteiger partial charge in [-0.1, -0.05) is 18.2 Å². The van der Waals surface area contributed by atoms with Crippen LogP contribution in [0.25, 0.3) is 0 Å². The molecule has 0 saturated heterocycles. The van der Waals surface area contributed by atoms with Crippen LogP contribution >= 0.6 is 11.6 Å². The summed E-state index contributed by atoms with van der Waals surface area (Å²) in [5.41, 5.74) is 1.96. The van der Waals surface area contributed by atoms with Gasteiger partial charge in [0.2, 0.25) is 0 Å². The van der Waals surface area contributed by atoms with E-state index in [1.165, 1.54) is 0 Å². The molecule has 0 amide bonds. The average molecular weight is 160 g/mol. The first-order valence-electron chi connectivity index (χ1n) is 3.16. The summed E-state index contributed by atoms with van der Waals surface area (Å²) in [5.74, 6) is 0. The normalized spacial score (nSPS) is 12.5. The first kappa shape index (κ1) is 9.57. The van der Waals surface area contributed by atoms with Gasteiger partial charge in [0.05, 0.1) is 5.03 Å². The second-order valence-electron chi connectivity index (χ2n) is 2.57. The number of allylic oxidation sites excluding steroid dienone is 3. The Morgan fingerprint density at radius 3 is 1.80 bits per heavy atom. The molecule has 10 heavy (non-hydrogen) atoms. The first-order chi connectivity index (χ1) is 4.46. The topological polar surface area (TPSA) is 3.24 Å². The van der Waals surface area contributed by atoms with Crippen molar-refractivity contribution in [3.8, 4) is 0 Å². The minimum atomic E-state index is 0.755. The molecule has 0 rings (SSSR count). The van der Waals surface area contributed by atoms with Gasteiger partial charge >= 0.3 is 0 Å². The first-order valence-corrected chi connectivity index (χ1v) is 3.54. The van der Waals surface area contributed by atoms with Gasteiger partial charge in [-0.3, -0.25) is 0 Å². The highest BCUT2D eigenvalue weighted by atomic mass is 35.5. The molecule has 0 aliphatic rings. The summed E-state index contributed by atoms with van der Waals surface area (Å²) in [6.07, 6.45) is 0. The van der Waals surface area contributed by atoms with Crippen molar-refractivity contribution in [1.82, 2.24) is 4.90 Å². The lowest BCUT2D eigenvalue weighted by molar-refractivity contribution is 0.511. The van der Waals surface area contributed by atoms with E-state index >= 15 is 0 Å². The van der Waals surface area contributed by atoms with Crippen LogP contribution < -0.4 is 0 Å². The standard InChI is InChI=1S/C8H14ClN/c1-6(2)8(9)7(3)10(4)5/h1H2,2-5H3. The van der Waals surface area contributed by atoms with Gasteiger partial charge in [0, 0.05) is 19.8 Å². The SMILES string of the molecule is C=C(C)C(Cl)=C(C)N(C)C. The molecule has 0 fully saturated rings. The molecule has 58 valence electrons. The number of halogens is 1. The summed E-state index contributed by atoms with van der Waals surface area (Å²) in [6, 6.07) is 0. The van der Waals surface area contributed by atoms with E-state index in [4.69, 9.17) is 11.6 Å². The number of rotatable bonds is 2. The Labute approximate surface area is 68.0 Å². The van der Waals surface area contributed by atoms with Gasteiger partial charge in [0.15, 0.2) is 0 Å². The predicted octanol–water partition coefficient (Wildman–Crippen LogP) is 2.59. The molecule has 0 bridgehead atoms. The van der Waals surface area contributed by atoms with Crippen molar-refractivity contribution in [2.45, 2.75) is 13.8 Å². The van der Waals surface area contributed by atoms with E-state index in [0.717, 1.165) is 16.3 Å². The lowest BCUT2D eigenvalue weighted by Gasteiger charge is -2.14. The molecular formula is C8H14ClN. The summed E-state index contributed by atoms with van der Waals surface area (Å²) in [6.45, 7) is 7.61. The second-order valence-corrected chi connectivity index (χ2v) is 2.95. The fourth-order valence-electron chi connectivity index (χ4n) is 0.505. The zero-order valence-electron chi connectivity index (χ0n) is 7.03. The summed E-state index contributed by atoms with van der Waals surface area (Å²) in [4.78, 5) is 1.97. The zero-order chi connectivity index (χ0) is 8.31. The van der Waals surface area contributed by atoms with E-state index < -0.39 is 0 Å². The van der Waals surface area contributed by atoms with Crippen LogP contribution in [0.4, 0.5) is 0 Å². The molecule has 0 aromatic rings. The maximum Gasteiger partial charge on any atom is 0.0617 e. The van der Waals surface area contributed by atoms with Gasteiger partial charge in [-0.05, 0) is 19.4 Å². The summed E-state index contributed by atoms with van der Waals surface area (Å²) in [7, 11) is 3.92. The Kier molecular flexibility index (Phi) is 3.51. The van der Waals surface area contributed by atoms with E-state index in [1.807, 2.05) is 32.8 Å². The third kappa shape index (κ3) is 2.44. The highest BCUT2D eigenvalue weighted by Gasteiger charge is 2.00. The molecule has 0 saturated carbocycles. The van der Waals surface area contributed by atoms with Crippen molar-refractivity contribution >= 4 is 11.6 Å². The second kappa shape index (κ2) is 3.67. The summed E-state index contributed by atoms with van der Waals surface area (Å²) in [5, 5.41) is 0.755. The lowest BCUT2D eigenvalue weighted by atomic mass is 10.3. The van der Waals surface area contributed by atoms with Crippen LogP contribution in [0, 0.1) is 0 Å². The van der Waals surface area contributed by atoms with Crippen molar-refractivity contribution in [3.05, 3.63) is 22.9 Å². The number of nitrogens with zero attached hydrogens (tertiary/aromatic N) is 1. The van der Waals surface area contributed by atoms with Crippen LogP contribution in [0.15, 0.2) is 22.9 Å². The van der Waals surface area contributed by atoms with Crippen molar-refractivity contribution in [2.24, 2.45) is 0 Å². The van der Waals surface area contributed by atoms with Crippen LogP contribution in [0.1, 0.15) is 13.8 Å². The molecule has 0 N–H and O–H groups in total. The number of hydrogen-bond acceptors (Lipinski definition) is 1. The van der Waals surface area contributed by atoms with Gasteiger partial charge < -0.3 is 4.90 Å². The average Bonchev–Trinajstić information content (AvgIpc) is 1.84. The van der Waals surface area contributed by atoms with Crippen LogP contribution in [0.2, 0.25) is 0 Å². The van der Waals surface area contributed by atoms with Crippen molar-refractivity contribution < 1.29 is 0 Å². The van der Waals surface area contributed by atoms with E-state index in [1.54, 1.807) is 0 Å². The smallest absolute Gasteiger partial charge is 0.0617 e. The van der Waals surface area contributed by atoms with Gasteiger partial charge in [-0.15, -0.1) is 0 Å². The van der Waals surface area contributed by atoms with E-state index in [2.05, 4.69) is 6.58 Å². The molecule has 1 nitrogen and oxygen atoms in total. The molecule has 0 heterocycles. The molecule has 0 spiro atoms. The Morgan fingerprint density at radius 1 is 1.30 bits per heavy atom. The van der Waals surface area contributed by atoms with Crippen LogP contribution in [0.5, 0.6) is 0 Å². The molecule has 0 aliphatic heterocycles. The minimum Gasteiger partial charge on any atom is -0.380 e. The molecule has 2 heteroatoms.